The molecule has 0 fully saturated rings. The summed E-state index contributed by atoms with van der Waals surface area (Å²) in [5.41, 5.74) is 0. The first-order chi connectivity index (χ1) is 16.1. The highest BCUT2D eigenvalue weighted by atomic mass is 16.5. The van der Waals surface area contributed by atoms with Gasteiger partial charge in [0.1, 0.15) is 0 Å². The molecule has 6 nitrogen and oxygen atoms in total. The summed E-state index contributed by atoms with van der Waals surface area (Å²) in [6.07, 6.45) is 19.9. The van der Waals surface area contributed by atoms with Gasteiger partial charge >= 0.3 is 17.9 Å². The Morgan fingerprint density at radius 2 is 0.788 bits per heavy atom. The number of carbonyl (C=O) groups is 3. The van der Waals surface area contributed by atoms with Crippen LogP contribution in [0.5, 0.6) is 0 Å². The maximum atomic E-state index is 11.7. The summed E-state index contributed by atoms with van der Waals surface area (Å²) >= 11 is 0. The summed E-state index contributed by atoms with van der Waals surface area (Å²) < 4.78 is 10.5. The normalized spacial score (nSPS) is 10.8. The number of carbonyl (C=O) groups excluding carboxylic acids is 3. The number of unbranched alkanes of at least 4 members (excludes halogenated alkanes) is 15. The van der Waals surface area contributed by atoms with Gasteiger partial charge in [0.15, 0.2) is 0 Å². The Hall–Kier alpha value is -1.59. The zero-order chi connectivity index (χ0) is 24.4. The average molecular weight is 470 g/mol. The first kappa shape index (κ1) is 31.4. The molecule has 33 heavy (non-hydrogen) atoms. The molecule has 0 saturated heterocycles. The summed E-state index contributed by atoms with van der Waals surface area (Å²) in [6.45, 7) is 3.21. The minimum absolute atomic E-state index is 0.0501. The van der Waals surface area contributed by atoms with Crippen molar-refractivity contribution in [2.45, 2.75) is 142 Å². The van der Waals surface area contributed by atoms with E-state index >= 15 is 0 Å². The van der Waals surface area contributed by atoms with Crippen LogP contribution in [0.4, 0.5) is 0 Å². The van der Waals surface area contributed by atoms with E-state index in [4.69, 9.17) is 9.47 Å². The highest BCUT2D eigenvalue weighted by Crippen LogP contribution is 2.11. The standard InChI is InChI=1S/C27H49O6/c1-2-3-4-5-11-16-21-26(30)32-23-18-13-8-6-7-12-17-22-27(31)33-24-19-14-9-10-15-20-25(28)29/h2-24H2,1H3. The van der Waals surface area contributed by atoms with Crippen LogP contribution < -0.4 is 0 Å². The molecule has 193 valence electrons. The molecule has 0 heterocycles. The van der Waals surface area contributed by atoms with Gasteiger partial charge in [-0.15, -0.1) is 0 Å². The largest absolute Gasteiger partial charge is 0.466 e. The van der Waals surface area contributed by atoms with E-state index in [0.29, 0.717) is 32.5 Å². The molecule has 0 rings (SSSR count). The topological polar surface area (TPSA) is 89.6 Å². The fourth-order valence-corrected chi connectivity index (χ4v) is 3.72. The second kappa shape index (κ2) is 25.0. The van der Waals surface area contributed by atoms with Gasteiger partial charge in [0.05, 0.1) is 19.6 Å². The number of ether oxygens (including phenoxy) is 2. The van der Waals surface area contributed by atoms with Crippen LogP contribution in [0.1, 0.15) is 142 Å². The molecule has 0 amide bonds. The van der Waals surface area contributed by atoms with Crippen LogP contribution >= 0.6 is 0 Å². The zero-order valence-corrected chi connectivity index (χ0v) is 21.2. The first-order valence-electron chi connectivity index (χ1n) is 13.6. The van der Waals surface area contributed by atoms with Crippen molar-refractivity contribution in [3.63, 3.8) is 0 Å². The van der Waals surface area contributed by atoms with Gasteiger partial charge in [-0.1, -0.05) is 90.4 Å². The predicted octanol–water partition coefficient (Wildman–Crippen LogP) is 7.24. The van der Waals surface area contributed by atoms with E-state index in [1.54, 1.807) is 0 Å². The second-order valence-corrected chi connectivity index (χ2v) is 9.07. The highest BCUT2D eigenvalue weighted by molar-refractivity contribution is 5.69. The molecular weight excluding hydrogens is 420 g/mol. The Balaban J connectivity index is 3.25. The van der Waals surface area contributed by atoms with Crippen molar-refractivity contribution >= 4 is 17.9 Å². The summed E-state index contributed by atoms with van der Waals surface area (Å²) in [5.74, 6) is -1.15. The van der Waals surface area contributed by atoms with Crippen molar-refractivity contribution in [3.05, 3.63) is 0 Å². The molecule has 0 unspecified atom stereocenters. The molecule has 0 aliphatic rings. The van der Waals surface area contributed by atoms with E-state index in [-0.39, 0.29) is 18.4 Å². The molecule has 0 aliphatic heterocycles. The molecule has 0 aliphatic carbocycles. The van der Waals surface area contributed by atoms with Crippen molar-refractivity contribution in [2.75, 3.05) is 13.2 Å². The summed E-state index contributed by atoms with van der Waals surface area (Å²) in [5, 5.41) is 10.3. The predicted molar refractivity (Wildman–Crippen MR) is 130 cm³/mol. The van der Waals surface area contributed by atoms with Crippen molar-refractivity contribution in [1.29, 1.82) is 0 Å². The maximum absolute atomic E-state index is 11.7. The molecule has 0 saturated carbocycles. The quantitative estimate of drug-likeness (QED) is 0.104. The average Bonchev–Trinajstić information content (AvgIpc) is 2.79. The van der Waals surface area contributed by atoms with E-state index in [2.05, 4.69) is 6.92 Å². The monoisotopic (exact) mass is 469 g/mol. The Morgan fingerprint density at radius 1 is 0.455 bits per heavy atom. The number of rotatable bonds is 25. The van der Waals surface area contributed by atoms with E-state index in [9.17, 15) is 19.5 Å². The third-order valence-electron chi connectivity index (χ3n) is 5.81. The van der Waals surface area contributed by atoms with Crippen molar-refractivity contribution < 1.29 is 29.0 Å². The maximum Gasteiger partial charge on any atom is 0.355 e. The number of hydrogen-bond acceptors (Lipinski definition) is 5. The lowest BCUT2D eigenvalue weighted by Crippen LogP contribution is -2.05. The Labute approximate surface area is 202 Å². The Morgan fingerprint density at radius 3 is 1.18 bits per heavy atom. The van der Waals surface area contributed by atoms with Gasteiger partial charge in [0.25, 0.3) is 0 Å². The molecule has 0 aromatic heterocycles. The van der Waals surface area contributed by atoms with Crippen LogP contribution in [0.3, 0.4) is 0 Å². The lowest BCUT2D eigenvalue weighted by molar-refractivity contribution is -0.144. The van der Waals surface area contributed by atoms with E-state index < -0.39 is 5.97 Å². The van der Waals surface area contributed by atoms with Crippen molar-refractivity contribution in [1.82, 2.24) is 0 Å². The molecular formula is C27H49O6. The summed E-state index contributed by atoms with van der Waals surface area (Å²) in [6, 6.07) is 0. The number of hydrogen-bond donors (Lipinski definition) is 0. The molecule has 6 heteroatoms. The van der Waals surface area contributed by atoms with Gasteiger partial charge in [-0.2, -0.15) is 0 Å². The fourth-order valence-electron chi connectivity index (χ4n) is 3.72. The molecule has 0 atom stereocenters. The summed E-state index contributed by atoms with van der Waals surface area (Å²) in [7, 11) is 0. The van der Waals surface area contributed by atoms with Crippen LogP contribution in [0.2, 0.25) is 0 Å². The van der Waals surface area contributed by atoms with Crippen LogP contribution in [0, 0.1) is 0 Å². The van der Waals surface area contributed by atoms with Gasteiger partial charge in [-0.25, -0.2) is 9.90 Å². The van der Waals surface area contributed by atoms with Crippen molar-refractivity contribution in [2.24, 2.45) is 0 Å². The van der Waals surface area contributed by atoms with Crippen LogP contribution in [-0.4, -0.2) is 31.1 Å². The van der Waals surface area contributed by atoms with E-state index in [1.165, 1.54) is 25.7 Å². The van der Waals surface area contributed by atoms with Gasteiger partial charge < -0.3 is 9.47 Å². The zero-order valence-electron chi connectivity index (χ0n) is 21.2. The van der Waals surface area contributed by atoms with Gasteiger partial charge in [0, 0.05) is 12.8 Å². The highest BCUT2D eigenvalue weighted by Gasteiger charge is 2.04. The Bertz CT molecular complexity index is 477. The molecule has 0 N–H and O–H groups in total. The molecule has 0 aromatic carbocycles. The SMILES string of the molecule is CCCCCCCCC(=O)OCCCCCCCCCC(=O)OCCCCCCCC([O])=O. The van der Waals surface area contributed by atoms with E-state index in [0.717, 1.165) is 83.5 Å². The van der Waals surface area contributed by atoms with Gasteiger partial charge in [-0.3, -0.25) is 9.59 Å². The van der Waals surface area contributed by atoms with Gasteiger partial charge in [-0.05, 0) is 32.1 Å². The molecule has 1 radical (unpaired) electrons. The molecule has 0 bridgehead atoms. The van der Waals surface area contributed by atoms with Crippen molar-refractivity contribution in [3.8, 4) is 0 Å². The third-order valence-corrected chi connectivity index (χ3v) is 5.81. The first-order valence-corrected chi connectivity index (χ1v) is 13.6. The Kier molecular flexibility index (Phi) is 23.8. The minimum atomic E-state index is -0.986. The second-order valence-electron chi connectivity index (χ2n) is 9.07. The lowest BCUT2D eigenvalue weighted by Gasteiger charge is -2.06. The van der Waals surface area contributed by atoms with Crippen LogP contribution in [0.25, 0.3) is 0 Å². The third kappa shape index (κ3) is 26.5. The van der Waals surface area contributed by atoms with E-state index in [1.807, 2.05) is 0 Å². The molecule has 0 aromatic rings. The minimum Gasteiger partial charge on any atom is -0.466 e. The van der Waals surface area contributed by atoms with Gasteiger partial charge in [0.2, 0.25) is 0 Å². The molecule has 0 spiro atoms. The van der Waals surface area contributed by atoms with Crippen LogP contribution in [0.15, 0.2) is 0 Å². The fraction of sp³-hybridized carbons (Fsp3) is 0.889. The smallest absolute Gasteiger partial charge is 0.355 e. The van der Waals surface area contributed by atoms with Crippen LogP contribution in [-0.2, 0) is 29.0 Å². The summed E-state index contributed by atoms with van der Waals surface area (Å²) in [4.78, 5) is 33.7. The lowest BCUT2D eigenvalue weighted by atomic mass is 10.1. The number of esters is 2.